The molecule has 25 valence electrons. The number of carboxylic acid groups (broad SMARTS) is 1. The molecule has 0 bridgehead atoms. The van der Waals surface area contributed by atoms with Gasteiger partial charge in [-0.2, -0.15) is 0 Å². The van der Waals surface area contributed by atoms with Gasteiger partial charge in [-0.05, 0) is 0 Å². The largest absolute Gasteiger partial charge is 2.00 e. The molecule has 0 rings (SSSR count). The third kappa shape index (κ3) is 46.2. The van der Waals surface area contributed by atoms with E-state index in [9.17, 15) is 0 Å². The molecule has 0 aromatic heterocycles. The van der Waals surface area contributed by atoms with Crippen LogP contribution >= 0.6 is 0 Å². The second kappa shape index (κ2) is 20.1. The molecule has 0 aliphatic rings. The fourth-order valence-corrected chi connectivity index (χ4v) is 0. The zero-order valence-electron chi connectivity index (χ0n) is 2.73. The Balaban J connectivity index is -0.0000000200. The van der Waals surface area contributed by atoms with E-state index in [2.05, 4.69) is 0 Å². The number of carbonyl (C=O) groups excluding carboxylic acids is 1. The molecule has 4 heteroatoms. The van der Waals surface area contributed by atoms with E-state index in [4.69, 9.17) is 9.90 Å². The first-order valence-corrected chi connectivity index (χ1v) is 0.471. The first-order chi connectivity index (χ1) is 1.41. The summed E-state index contributed by atoms with van der Waals surface area (Å²) in [5, 5.41) is 8.25. The van der Waals surface area contributed by atoms with Crippen LogP contribution in [0.5, 0.6) is 0 Å². The van der Waals surface area contributed by atoms with Gasteiger partial charge in [0.1, 0.15) is 0 Å². The van der Waals surface area contributed by atoms with Crippen LogP contribution < -0.4 is 34.7 Å². The van der Waals surface area contributed by atoms with E-state index in [1.54, 1.807) is 0 Å². The average Bonchev–Trinajstić information content (AvgIpc) is 0.918. The van der Waals surface area contributed by atoms with E-state index < -0.39 is 6.47 Å². The van der Waals surface area contributed by atoms with E-state index in [0.717, 1.165) is 0 Å². The van der Waals surface area contributed by atoms with Gasteiger partial charge in [-0.3, -0.25) is 0 Å². The van der Waals surface area contributed by atoms with Crippen LogP contribution in [0.15, 0.2) is 0 Å². The van der Waals surface area contributed by atoms with Crippen molar-refractivity contribution in [3.05, 3.63) is 0 Å². The molecule has 0 heterocycles. The number of carbonyl (C=O) groups is 1. The van der Waals surface area contributed by atoms with Crippen molar-refractivity contribution in [3.63, 3.8) is 0 Å². The average molecular weight is 127 g/mol. The van der Waals surface area contributed by atoms with Crippen molar-refractivity contribution >= 4 is 6.47 Å². The van der Waals surface area contributed by atoms with Gasteiger partial charge in [0.15, 0.2) is 0 Å². The minimum atomic E-state index is -0.500. The summed E-state index contributed by atoms with van der Waals surface area (Å²) in [6.07, 6.45) is 0. The predicted octanol–water partition coefficient (Wildman–Crippen LogP) is -4.63. The first kappa shape index (κ1) is 16.7. The number of rotatable bonds is 0. The van der Waals surface area contributed by atoms with E-state index in [1.165, 1.54) is 0 Å². The maximum Gasteiger partial charge on any atom is 2.00 e. The standard InChI is InChI=1S/CH2O2.Co.Na/c2-1-3;;/h1H,(H,2,3);;/q;+2;+1/p-1. The van der Waals surface area contributed by atoms with E-state index in [0.29, 0.717) is 0 Å². The minimum Gasteiger partial charge on any atom is -0.554 e. The molecule has 0 fully saturated rings. The molecule has 0 aromatic rings. The molecule has 0 spiro atoms. The van der Waals surface area contributed by atoms with Crippen molar-refractivity contribution < 1.29 is 56.2 Å². The Morgan fingerprint density at radius 1 is 1.60 bits per heavy atom. The van der Waals surface area contributed by atoms with Gasteiger partial charge in [0.25, 0.3) is 0 Å². The van der Waals surface area contributed by atoms with Gasteiger partial charge < -0.3 is 9.90 Å². The molecule has 0 saturated heterocycles. The van der Waals surface area contributed by atoms with E-state index >= 15 is 0 Å². The molecule has 0 amide bonds. The van der Waals surface area contributed by atoms with Gasteiger partial charge in [-0.1, -0.05) is 0 Å². The smallest absolute Gasteiger partial charge is 0.554 e. The monoisotopic (exact) mass is 127 g/mol. The Morgan fingerprint density at radius 2 is 1.60 bits per heavy atom. The van der Waals surface area contributed by atoms with Crippen molar-refractivity contribution in [2.45, 2.75) is 0 Å². The van der Waals surface area contributed by atoms with Gasteiger partial charge in [0.2, 0.25) is 0 Å². The molecule has 0 aliphatic heterocycles. The summed E-state index contributed by atoms with van der Waals surface area (Å²) in [5.41, 5.74) is 0. The normalized spacial score (nSPS) is 2.40. The van der Waals surface area contributed by atoms with Crippen molar-refractivity contribution in [2.75, 3.05) is 0 Å². The molecule has 0 aliphatic carbocycles. The summed E-state index contributed by atoms with van der Waals surface area (Å²) >= 11 is 0. The molecule has 1 radical (unpaired) electrons. The van der Waals surface area contributed by atoms with Gasteiger partial charge >= 0.3 is 46.3 Å². The van der Waals surface area contributed by atoms with E-state index in [1.807, 2.05) is 0 Å². The number of hydrogen-bond donors (Lipinski definition) is 0. The second-order valence-electron chi connectivity index (χ2n) is 0.0962. The fraction of sp³-hybridized carbons (Fsp3) is 0. The molecular weight excluding hydrogens is 126 g/mol. The molecule has 0 N–H and O–H groups in total. The first-order valence-electron chi connectivity index (χ1n) is 0.471. The summed E-state index contributed by atoms with van der Waals surface area (Å²) in [5.74, 6) is 0. The van der Waals surface area contributed by atoms with Gasteiger partial charge in [-0.25, -0.2) is 0 Å². The summed E-state index contributed by atoms with van der Waals surface area (Å²) in [4.78, 5) is 8.25. The molecule has 5 heavy (non-hydrogen) atoms. The van der Waals surface area contributed by atoms with Crippen molar-refractivity contribution in [1.82, 2.24) is 0 Å². The Bertz CT molecular complexity index is 17.1. The molecule has 0 saturated carbocycles. The van der Waals surface area contributed by atoms with Gasteiger partial charge in [0.05, 0.1) is 0 Å². The van der Waals surface area contributed by atoms with Crippen LogP contribution in [-0.4, -0.2) is 6.47 Å². The van der Waals surface area contributed by atoms with Gasteiger partial charge in [-0.15, -0.1) is 0 Å². The van der Waals surface area contributed by atoms with Crippen molar-refractivity contribution in [3.8, 4) is 0 Å². The second-order valence-corrected chi connectivity index (χ2v) is 0.0962. The van der Waals surface area contributed by atoms with Gasteiger partial charge in [0, 0.05) is 6.47 Å². The molecule has 0 atom stereocenters. The van der Waals surface area contributed by atoms with Crippen LogP contribution in [0, 0.1) is 0 Å². The van der Waals surface area contributed by atoms with Crippen LogP contribution in [0.2, 0.25) is 0 Å². The SMILES string of the molecule is O=C[O-].[Co+2].[Na+]. The van der Waals surface area contributed by atoms with Crippen LogP contribution in [0.4, 0.5) is 0 Å². The Labute approximate surface area is 62.4 Å². The topological polar surface area (TPSA) is 40.1 Å². The fourth-order valence-electron chi connectivity index (χ4n) is 0. The molecule has 0 unspecified atom stereocenters. The third-order valence-electron chi connectivity index (χ3n) is 0. The van der Waals surface area contributed by atoms with Crippen molar-refractivity contribution in [2.24, 2.45) is 0 Å². The molecule has 0 aromatic carbocycles. The summed E-state index contributed by atoms with van der Waals surface area (Å²) in [6.45, 7) is -0.500. The third-order valence-corrected chi connectivity index (χ3v) is 0. The Hall–Kier alpha value is 0.976. The zero-order chi connectivity index (χ0) is 2.71. The van der Waals surface area contributed by atoms with E-state index in [-0.39, 0.29) is 46.3 Å². The summed E-state index contributed by atoms with van der Waals surface area (Å²) in [7, 11) is 0. The maximum absolute atomic E-state index is 8.25. The van der Waals surface area contributed by atoms with Crippen LogP contribution in [0.3, 0.4) is 0 Å². The predicted molar refractivity (Wildman–Crippen MR) is 6.06 cm³/mol. The summed E-state index contributed by atoms with van der Waals surface area (Å²) in [6, 6.07) is 0. The number of hydrogen-bond acceptors (Lipinski definition) is 2. The quantitative estimate of drug-likeness (QED) is 0.242. The van der Waals surface area contributed by atoms with Crippen LogP contribution in [0.1, 0.15) is 0 Å². The van der Waals surface area contributed by atoms with Crippen LogP contribution in [-0.2, 0) is 21.6 Å². The maximum atomic E-state index is 8.25. The Morgan fingerprint density at radius 3 is 1.60 bits per heavy atom. The Kier molecular flexibility index (Phi) is 67.3. The minimum absolute atomic E-state index is 0. The zero-order valence-corrected chi connectivity index (χ0v) is 5.77. The van der Waals surface area contributed by atoms with Crippen molar-refractivity contribution in [1.29, 1.82) is 0 Å². The molecule has 2 nitrogen and oxygen atoms in total. The summed E-state index contributed by atoms with van der Waals surface area (Å²) < 4.78 is 0. The molecular formula is CHCoNaO2+2. The van der Waals surface area contributed by atoms with Crippen LogP contribution in [0.25, 0.3) is 0 Å².